The molecule has 19 heavy (non-hydrogen) atoms. The Kier molecular flexibility index (Phi) is 3.21. The Morgan fingerprint density at radius 1 is 1.37 bits per heavy atom. The molecule has 0 saturated heterocycles. The molecule has 1 nitrogen and oxygen atoms in total. The van der Waals surface area contributed by atoms with Crippen LogP contribution in [0.3, 0.4) is 0 Å². The third kappa shape index (κ3) is 2.22. The second kappa shape index (κ2) is 4.87. The number of hydrogen-bond donors (Lipinski definition) is 0. The lowest BCUT2D eigenvalue weighted by Gasteiger charge is -2.22. The molecule has 96 valence electrons. The van der Waals surface area contributed by atoms with E-state index in [1.54, 1.807) is 0 Å². The summed E-state index contributed by atoms with van der Waals surface area (Å²) in [6.07, 6.45) is 8.06. The quantitative estimate of drug-likeness (QED) is 0.564. The Bertz CT molecular complexity index is 594. The Labute approximate surface area is 119 Å². The molecule has 0 amide bonds. The Morgan fingerprint density at radius 2 is 2.16 bits per heavy atom. The van der Waals surface area contributed by atoms with E-state index in [1.807, 2.05) is 24.3 Å². The SMILES string of the molecule is C[C@@H]1[C@@H](/C=C(\C#N)c2cccc(Cl)c2)[C@H]2C=C[C@@H]1C2. The van der Waals surface area contributed by atoms with E-state index < -0.39 is 0 Å². The maximum Gasteiger partial charge on any atom is 0.0994 e. The second-order valence-corrected chi connectivity index (χ2v) is 6.02. The van der Waals surface area contributed by atoms with Crippen LogP contribution in [0.4, 0.5) is 0 Å². The molecule has 3 rings (SSSR count). The van der Waals surface area contributed by atoms with E-state index in [1.165, 1.54) is 6.42 Å². The van der Waals surface area contributed by atoms with Crippen LogP contribution >= 0.6 is 11.6 Å². The Hall–Kier alpha value is -1.52. The van der Waals surface area contributed by atoms with Gasteiger partial charge >= 0.3 is 0 Å². The zero-order valence-electron chi connectivity index (χ0n) is 10.9. The van der Waals surface area contributed by atoms with Crippen LogP contribution in [0, 0.1) is 35.0 Å². The summed E-state index contributed by atoms with van der Waals surface area (Å²) in [5.41, 5.74) is 1.68. The van der Waals surface area contributed by atoms with Gasteiger partial charge in [-0.1, -0.05) is 48.9 Å². The molecule has 0 radical (unpaired) electrons. The van der Waals surface area contributed by atoms with E-state index in [0.717, 1.165) is 11.1 Å². The fourth-order valence-electron chi connectivity index (χ4n) is 3.43. The fraction of sp³-hybridized carbons (Fsp3) is 0.353. The Morgan fingerprint density at radius 3 is 2.79 bits per heavy atom. The number of rotatable bonds is 2. The fourth-order valence-corrected chi connectivity index (χ4v) is 3.62. The predicted molar refractivity (Wildman–Crippen MR) is 78.4 cm³/mol. The molecule has 1 saturated carbocycles. The smallest absolute Gasteiger partial charge is 0.0994 e. The van der Waals surface area contributed by atoms with Gasteiger partial charge in [0.05, 0.1) is 11.6 Å². The maximum atomic E-state index is 9.41. The van der Waals surface area contributed by atoms with Crippen LogP contribution in [-0.2, 0) is 0 Å². The van der Waals surface area contributed by atoms with E-state index in [4.69, 9.17) is 11.6 Å². The van der Waals surface area contributed by atoms with E-state index >= 15 is 0 Å². The summed E-state index contributed by atoms with van der Waals surface area (Å²) in [5.74, 6) is 2.44. The summed E-state index contributed by atoms with van der Waals surface area (Å²) in [6, 6.07) is 9.88. The topological polar surface area (TPSA) is 23.8 Å². The third-order valence-corrected chi connectivity index (χ3v) is 4.78. The summed E-state index contributed by atoms with van der Waals surface area (Å²) in [4.78, 5) is 0. The highest BCUT2D eigenvalue weighted by molar-refractivity contribution is 6.30. The number of fused-ring (bicyclic) bond motifs is 2. The molecule has 0 N–H and O–H groups in total. The average molecular weight is 270 g/mol. The zero-order chi connectivity index (χ0) is 13.4. The van der Waals surface area contributed by atoms with E-state index in [2.05, 4.69) is 31.2 Å². The molecule has 1 aromatic rings. The molecular weight excluding hydrogens is 254 g/mol. The normalized spacial score (nSPS) is 32.6. The minimum absolute atomic E-state index is 0.489. The van der Waals surface area contributed by atoms with Gasteiger partial charge in [0.1, 0.15) is 0 Å². The molecule has 0 spiro atoms. The van der Waals surface area contributed by atoms with Crippen molar-refractivity contribution in [1.29, 1.82) is 5.26 Å². The average Bonchev–Trinajstić information content (AvgIpc) is 2.98. The number of allylic oxidation sites excluding steroid dienone is 4. The van der Waals surface area contributed by atoms with E-state index in [-0.39, 0.29) is 0 Å². The van der Waals surface area contributed by atoms with Gasteiger partial charge in [-0.15, -0.1) is 0 Å². The molecule has 1 aromatic carbocycles. The molecule has 2 aliphatic carbocycles. The number of hydrogen-bond acceptors (Lipinski definition) is 1. The molecule has 2 aliphatic rings. The minimum atomic E-state index is 0.489. The highest BCUT2D eigenvalue weighted by Crippen LogP contribution is 2.49. The molecular formula is C17H16ClN. The van der Waals surface area contributed by atoms with Gasteiger partial charge in [0.25, 0.3) is 0 Å². The van der Waals surface area contributed by atoms with Crippen molar-refractivity contribution in [2.45, 2.75) is 13.3 Å². The first-order chi connectivity index (χ1) is 9.19. The third-order valence-electron chi connectivity index (χ3n) is 4.54. The molecule has 2 bridgehead atoms. The molecule has 1 fully saturated rings. The van der Waals surface area contributed by atoms with Crippen molar-refractivity contribution in [3.05, 3.63) is 53.1 Å². The summed E-state index contributed by atoms with van der Waals surface area (Å²) in [7, 11) is 0. The highest BCUT2D eigenvalue weighted by Gasteiger charge is 2.40. The van der Waals surface area contributed by atoms with Gasteiger partial charge in [0.2, 0.25) is 0 Å². The molecule has 0 heterocycles. The van der Waals surface area contributed by atoms with Gasteiger partial charge in [0.15, 0.2) is 0 Å². The monoisotopic (exact) mass is 269 g/mol. The maximum absolute atomic E-state index is 9.41. The van der Waals surface area contributed by atoms with Crippen LogP contribution in [0.1, 0.15) is 18.9 Å². The van der Waals surface area contributed by atoms with Crippen LogP contribution in [0.5, 0.6) is 0 Å². The van der Waals surface area contributed by atoms with E-state index in [9.17, 15) is 5.26 Å². The first-order valence-corrected chi connectivity index (χ1v) is 7.13. The van der Waals surface area contributed by atoms with Gasteiger partial charge in [0, 0.05) is 5.02 Å². The molecule has 0 unspecified atom stereocenters. The number of halogens is 1. The predicted octanol–water partition coefficient (Wildman–Crippen LogP) is 4.71. The molecule has 0 aromatic heterocycles. The number of benzene rings is 1. The zero-order valence-corrected chi connectivity index (χ0v) is 11.6. The van der Waals surface area contributed by atoms with Crippen LogP contribution in [0.25, 0.3) is 5.57 Å². The summed E-state index contributed by atoms with van der Waals surface area (Å²) < 4.78 is 0. The van der Waals surface area contributed by atoms with Crippen LogP contribution in [0.2, 0.25) is 5.02 Å². The second-order valence-electron chi connectivity index (χ2n) is 5.59. The number of nitrogens with zero attached hydrogens (tertiary/aromatic N) is 1. The lowest BCUT2D eigenvalue weighted by molar-refractivity contribution is 0.404. The summed E-state index contributed by atoms with van der Waals surface area (Å²) >= 11 is 6.01. The van der Waals surface area contributed by atoms with Crippen molar-refractivity contribution in [3.8, 4) is 6.07 Å². The van der Waals surface area contributed by atoms with Gasteiger partial charge < -0.3 is 0 Å². The largest absolute Gasteiger partial charge is 0.192 e. The van der Waals surface area contributed by atoms with Crippen molar-refractivity contribution in [1.82, 2.24) is 0 Å². The lowest BCUT2D eigenvalue weighted by Crippen LogP contribution is -2.14. The summed E-state index contributed by atoms with van der Waals surface area (Å²) in [6.45, 7) is 2.29. The van der Waals surface area contributed by atoms with Gasteiger partial charge in [-0.2, -0.15) is 5.26 Å². The van der Waals surface area contributed by atoms with Crippen molar-refractivity contribution in [3.63, 3.8) is 0 Å². The van der Waals surface area contributed by atoms with Gasteiger partial charge in [-0.3, -0.25) is 0 Å². The molecule has 0 aliphatic heterocycles. The standard InChI is InChI=1S/C17H16ClN/c1-11-12-5-6-14(7-12)17(11)9-15(10-19)13-3-2-4-16(18)8-13/h2-6,8-9,11-12,14,17H,7H2,1H3/b15-9+/t11-,12+,14-,17+/m0/s1. The first-order valence-electron chi connectivity index (χ1n) is 6.75. The van der Waals surface area contributed by atoms with Crippen molar-refractivity contribution in [2.24, 2.45) is 23.7 Å². The molecule has 4 atom stereocenters. The van der Waals surface area contributed by atoms with Gasteiger partial charge in [-0.05, 0) is 47.8 Å². The van der Waals surface area contributed by atoms with Crippen LogP contribution < -0.4 is 0 Å². The highest BCUT2D eigenvalue weighted by atomic mass is 35.5. The lowest BCUT2D eigenvalue weighted by atomic mass is 9.82. The minimum Gasteiger partial charge on any atom is -0.192 e. The summed E-state index contributed by atoms with van der Waals surface area (Å²) in [5, 5.41) is 10.1. The van der Waals surface area contributed by atoms with Crippen molar-refractivity contribution < 1.29 is 0 Å². The first kappa shape index (κ1) is 12.5. The Balaban J connectivity index is 1.93. The van der Waals surface area contributed by atoms with Crippen molar-refractivity contribution >= 4 is 17.2 Å². The van der Waals surface area contributed by atoms with Crippen molar-refractivity contribution in [2.75, 3.05) is 0 Å². The molecule has 2 heteroatoms. The van der Waals surface area contributed by atoms with E-state index in [0.29, 0.717) is 28.7 Å². The van der Waals surface area contributed by atoms with Crippen LogP contribution in [-0.4, -0.2) is 0 Å². The van der Waals surface area contributed by atoms with Gasteiger partial charge in [-0.25, -0.2) is 0 Å². The number of nitriles is 1. The van der Waals surface area contributed by atoms with Crippen LogP contribution in [0.15, 0.2) is 42.5 Å².